The van der Waals surface area contributed by atoms with E-state index in [0.717, 1.165) is 24.3 Å². The molecule has 2 N–H and O–H groups in total. The monoisotopic (exact) mass is 288 g/mol. The van der Waals surface area contributed by atoms with Crippen molar-refractivity contribution >= 4 is 23.0 Å². The molecule has 0 spiro atoms. The molecular formula is C15H20N4S. The van der Waals surface area contributed by atoms with Crippen molar-refractivity contribution in [1.82, 2.24) is 9.97 Å². The van der Waals surface area contributed by atoms with Crippen LogP contribution in [0, 0.1) is 0 Å². The van der Waals surface area contributed by atoms with Crippen molar-refractivity contribution in [2.45, 2.75) is 39.2 Å². The molecule has 0 aliphatic carbocycles. The van der Waals surface area contributed by atoms with Crippen LogP contribution in [0.5, 0.6) is 0 Å². The van der Waals surface area contributed by atoms with Crippen molar-refractivity contribution in [3.63, 3.8) is 0 Å². The first kappa shape index (κ1) is 13.4. The summed E-state index contributed by atoms with van der Waals surface area (Å²) in [5.74, 6) is 1.92. The number of hydrogen-bond acceptors (Lipinski definition) is 5. The first-order valence-corrected chi connectivity index (χ1v) is 7.90. The smallest absolute Gasteiger partial charge is 0.138 e. The van der Waals surface area contributed by atoms with E-state index in [2.05, 4.69) is 47.1 Å². The van der Waals surface area contributed by atoms with E-state index in [1.54, 1.807) is 6.33 Å². The van der Waals surface area contributed by atoms with Crippen molar-refractivity contribution in [1.29, 1.82) is 0 Å². The molecule has 2 aromatic rings. The molecule has 106 valence electrons. The normalized spacial score (nSPS) is 18.4. The number of nitrogen functional groups attached to an aromatic ring is 1. The van der Waals surface area contributed by atoms with Gasteiger partial charge in [0.05, 0.1) is 6.04 Å². The molecule has 5 heteroatoms. The Labute approximate surface area is 123 Å². The maximum Gasteiger partial charge on any atom is 0.138 e. The molecule has 0 radical (unpaired) electrons. The second-order valence-electron chi connectivity index (χ2n) is 5.57. The van der Waals surface area contributed by atoms with Crippen LogP contribution in [0.2, 0.25) is 0 Å². The fourth-order valence-corrected chi connectivity index (χ4v) is 3.94. The molecule has 2 aromatic heterocycles. The molecule has 0 saturated carbocycles. The van der Waals surface area contributed by atoms with Crippen LogP contribution in [-0.2, 0) is 6.42 Å². The van der Waals surface area contributed by atoms with E-state index < -0.39 is 0 Å². The van der Waals surface area contributed by atoms with E-state index in [9.17, 15) is 0 Å². The quantitative estimate of drug-likeness (QED) is 0.920. The zero-order chi connectivity index (χ0) is 14.3. The molecule has 0 fully saturated rings. The van der Waals surface area contributed by atoms with Gasteiger partial charge in [-0.15, -0.1) is 11.3 Å². The molecule has 0 saturated heterocycles. The maximum absolute atomic E-state index is 6.07. The highest BCUT2D eigenvalue weighted by atomic mass is 32.1. The van der Waals surface area contributed by atoms with Gasteiger partial charge in [0, 0.05) is 17.0 Å². The Bertz CT molecular complexity index is 620. The van der Waals surface area contributed by atoms with Gasteiger partial charge in [-0.05, 0) is 36.3 Å². The van der Waals surface area contributed by atoms with Crippen LogP contribution in [-0.4, -0.2) is 16.5 Å². The number of fused-ring (bicyclic) bond motifs is 1. The van der Waals surface area contributed by atoms with Crippen LogP contribution < -0.4 is 10.6 Å². The molecule has 3 heterocycles. The minimum Gasteiger partial charge on any atom is -0.383 e. The molecule has 0 bridgehead atoms. The van der Waals surface area contributed by atoms with E-state index in [4.69, 9.17) is 5.73 Å². The molecular weight excluding hydrogens is 268 g/mol. The summed E-state index contributed by atoms with van der Waals surface area (Å²) in [5, 5.41) is 2.18. The van der Waals surface area contributed by atoms with Crippen molar-refractivity contribution in [3.8, 4) is 0 Å². The highest BCUT2D eigenvalue weighted by Gasteiger charge is 2.28. The lowest BCUT2D eigenvalue weighted by molar-refractivity contribution is 0.617. The van der Waals surface area contributed by atoms with Crippen LogP contribution >= 0.6 is 11.3 Å². The lowest BCUT2D eigenvalue weighted by atomic mass is 9.98. The van der Waals surface area contributed by atoms with Crippen LogP contribution in [0.4, 0.5) is 11.6 Å². The number of thiophene rings is 1. The fraction of sp³-hybridized carbons (Fsp3) is 0.467. The predicted molar refractivity (Wildman–Crippen MR) is 84.3 cm³/mol. The lowest BCUT2D eigenvalue weighted by Crippen LogP contribution is -2.34. The summed E-state index contributed by atoms with van der Waals surface area (Å²) in [4.78, 5) is 12.6. The number of hydrogen-bond donors (Lipinski definition) is 1. The first-order chi connectivity index (χ1) is 9.59. The largest absolute Gasteiger partial charge is 0.383 e. The average Bonchev–Trinajstić information content (AvgIpc) is 2.87. The maximum atomic E-state index is 6.07. The summed E-state index contributed by atoms with van der Waals surface area (Å²) in [6.07, 6.45) is 2.66. The highest BCUT2D eigenvalue weighted by molar-refractivity contribution is 7.10. The van der Waals surface area contributed by atoms with Crippen LogP contribution in [0.25, 0.3) is 0 Å². The summed E-state index contributed by atoms with van der Waals surface area (Å²) in [6, 6.07) is 2.58. The number of nitrogens with two attached hydrogens (primary N) is 1. The fourth-order valence-electron chi connectivity index (χ4n) is 2.98. The third-order valence-corrected chi connectivity index (χ3v) is 5.02. The third kappa shape index (κ3) is 2.06. The Morgan fingerprint density at radius 2 is 2.20 bits per heavy atom. The minimum absolute atomic E-state index is 0.322. The van der Waals surface area contributed by atoms with Crippen molar-refractivity contribution in [2.75, 3.05) is 17.2 Å². The number of aromatic nitrogens is 2. The molecule has 20 heavy (non-hydrogen) atoms. The van der Waals surface area contributed by atoms with Crippen molar-refractivity contribution in [3.05, 3.63) is 33.8 Å². The van der Waals surface area contributed by atoms with Crippen molar-refractivity contribution in [2.24, 2.45) is 0 Å². The van der Waals surface area contributed by atoms with E-state index in [0.29, 0.717) is 17.8 Å². The van der Waals surface area contributed by atoms with E-state index in [1.807, 2.05) is 11.3 Å². The summed E-state index contributed by atoms with van der Waals surface area (Å²) in [7, 11) is 0. The van der Waals surface area contributed by atoms with Crippen LogP contribution in [0.3, 0.4) is 0 Å². The Hall–Kier alpha value is -1.62. The molecule has 0 aromatic carbocycles. The van der Waals surface area contributed by atoms with Gasteiger partial charge < -0.3 is 10.6 Å². The van der Waals surface area contributed by atoms with Gasteiger partial charge in [0.15, 0.2) is 0 Å². The van der Waals surface area contributed by atoms with Crippen LogP contribution in [0.15, 0.2) is 17.8 Å². The summed E-state index contributed by atoms with van der Waals surface area (Å²) in [6.45, 7) is 7.52. The summed E-state index contributed by atoms with van der Waals surface area (Å²) < 4.78 is 0. The summed E-state index contributed by atoms with van der Waals surface area (Å²) >= 11 is 1.86. The van der Waals surface area contributed by atoms with Crippen molar-refractivity contribution < 1.29 is 0 Å². The van der Waals surface area contributed by atoms with Gasteiger partial charge in [-0.2, -0.15) is 0 Å². The second-order valence-corrected chi connectivity index (χ2v) is 6.57. The Morgan fingerprint density at radius 1 is 1.40 bits per heavy atom. The second kappa shape index (κ2) is 5.05. The minimum atomic E-state index is 0.322. The Balaban J connectivity index is 2.05. The zero-order valence-electron chi connectivity index (χ0n) is 12.1. The molecule has 1 unspecified atom stereocenters. The number of anilines is 2. The Kier molecular flexibility index (Phi) is 3.38. The van der Waals surface area contributed by atoms with E-state index in [-0.39, 0.29) is 0 Å². The molecule has 4 nitrogen and oxygen atoms in total. The Morgan fingerprint density at radius 3 is 2.95 bits per heavy atom. The molecule has 3 rings (SSSR count). The molecule has 1 atom stereocenters. The van der Waals surface area contributed by atoms with Gasteiger partial charge in [0.25, 0.3) is 0 Å². The van der Waals surface area contributed by atoms with E-state index in [1.165, 1.54) is 10.4 Å². The van der Waals surface area contributed by atoms with Gasteiger partial charge in [-0.1, -0.05) is 13.8 Å². The zero-order valence-corrected chi connectivity index (χ0v) is 12.9. The lowest BCUT2D eigenvalue weighted by Gasteiger charge is -2.36. The summed E-state index contributed by atoms with van der Waals surface area (Å²) in [5.41, 5.74) is 8.57. The van der Waals surface area contributed by atoms with Gasteiger partial charge in [0.1, 0.15) is 18.0 Å². The van der Waals surface area contributed by atoms with Gasteiger partial charge >= 0.3 is 0 Å². The predicted octanol–water partition coefficient (Wildman–Crippen LogP) is 3.37. The van der Waals surface area contributed by atoms with Gasteiger partial charge in [-0.3, -0.25) is 0 Å². The van der Waals surface area contributed by atoms with Gasteiger partial charge in [0.2, 0.25) is 0 Å². The average molecular weight is 288 g/mol. The topological polar surface area (TPSA) is 55.0 Å². The highest BCUT2D eigenvalue weighted by Crippen LogP contribution is 2.38. The number of nitrogens with zero attached hydrogens (tertiary/aromatic N) is 3. The number of rotatable bonds is 2. The molecule has 1 aliphatic heterocycles. The van der Waals surface area contributed by atoms with E-state index >= 15 is 0 Å². The first-order valence-electron chi connectivity index (χ1n) is 7.03. The standard InChI is InChI=1S/C15H20N4S/c1-9(2)13-14(16)17-8-18-15(13)19-6-4-12-11(10(19)3)5-7-20-12/h5,7-10H,4,6H2,1-3H3,(H2,16,17,18). The van der Waals surface area contributed by atoms with Crippen LogP contribution in [0.1, 0.15) is 48.7 Å². The SMILES string of the molecule is CC(C)c1c(N)ncnc1N1CCc2sccc2C1C. The molecule has 1 aliphatic rings. The van der Waals surface area contributed by atoms with Gasteiger partial charge in [-0.25, -0.2) is 9.97 Å². The molecule has 0 amide bonds. The third-order valence-electron chi connectivity index (χ3n) is 4.02.